The Balaban J connectivity index is 1.60. The summed E-state index contributed by atoms with van der Waals surface area (Å²) in [5, 5.41) is 4.76. The number of rotatable bonds is 5. The lowest BCUT2D eigenvalue weighted by molar-refractivity contribution is 0.0533. The van der Waals surface area contributed by atoms with E-state index in [9.17, 15) is 4.79 Å². The molecule has 1 aromatic carbocycles. The van der Waals surface area contributed by atoms with Gasteiger partial charge in [-0.15, -0.1) is 0 Å². The second kappa shape index (κ2) is 9.75. The number of pyridine rings is 1. The number of amidine groups is 1. The summed E-state index contributed by atoms with van der Waals surface area (Å²) in [5.74, 6) is 0.547. The maximum atomic E-state index is 12.9. The summed E-state index contributed by atoms with van der Waals surface area (Å²) in [7, 11) is 1.77. The van der Waals surface area contributed by atoms with Crippen LogP contribution in [-0.4, -0.2) is 55.1 Å². The molecule has 2 aliphatic rings. The number of hydrogen-bond acceptors (Lipinski definition) is 5. The van der Waals surface area contributed by atoms with Crippen LogP contribution in [0.2, 0.25) is 0 Å². The fourth-order valence-corrected chi connectivity index (χ4v) is 4.83. The molecule has 1 saturated carbocycles. The lowest BCUT2D eigenvalue weighted by Gasteiger charge is -2.41. The van der Waals surface area contributed by atoms with Crippen LogP contribution in [-0.2, 0) is 4.74 Å². The van der Waals surface area contributed by atoms with Crippen LogP contribution in [0.25, 0.3) is 10.9 Å². The van der Waals surface area contributed by atoms with Crippen molar-refractivity contribution in [3.63, 3.8) is 0 Å². The Morgan fingerprint density at radius 3 is 2.74 bits per heavy atom. The van der Waals surface area contributed by atoms with Crippen LogP contribution in [0.3, 0.4) is 0 Å². The number of nitrogens with zero attached hydrogens (tertiary/aromatic N) is 3. The molecule has 2 aromatic rings. The predicted octanol–water partition coefficient (Wildman–Crippen LogP) is 3.27. The summed E-state index contributed by atoms with van der Waals surface area (Å²) in [4.78, 5) is 23.9. The average molecular weight is 424 g/mol. The van der Waals surface area contributed by atoms with Crippen LogP contribution in [0.15, 0.2) is 35.3 Å². The first-order chi connectivity index (χ1) is 15.0. The lowest BCUT2D eigenvalue weighted by atomic mass is 9.92. The van der Waals surface area contributed by atoms with Gasteiger partial charge in [-0.1, -0.05) is 37.5 Å². The molecule has 166 valence electrons. The second-order valence-electron chi connectivity index (χ2n) is 8.73. The molecule has 3 N–H and O–H groups in total. The van der Waals surface area contributed by atoms with Crippen molar-refractivity contribution in [2.45, 2.75) is 63.6 Å². The topological polar surface area (TPSA) is 92.8 Å². The Kier molecular flexibility index (Phi) is 6.83. The van der Waals surface area contributed by atoms with Crippen LogP contribution < -0.4 is 16.0 Å². The van der Waals surface area contributed by atoms with E-state index in [1.165, 1.54) is 32.1 Å². The molecule has 7 nitrogen and oxygen atoms in total. The summed E-state index contributed by atoms with van der Waals surface area (Å²) in [6.45, 7) is 3.11. The first-order valence-corrected chi connectivity index (χ1v) is 11.3. The molecular weight excluding hydrogens is 390 g/mol. The van der Waals surface area contributed by atoms with Gasteiger partial charge < -0.3 is 20.7 Å². The summed E-state index contributed by atoms with van der Waals surface area (Å²) in [5.41, 5.74) is 7.03. The van der Waals surface area contributed by atoms with Crippen molar-refractivity contribution < 1.29 is 9.53 Å². The molecular formula is C24H33N5O2. The maximum absolute atomic E-state index is 12.9. The normalized spacial score (nSPS) is 23.3. The molecule has 1 aliphatic heterocycles. The fraction of sp³-hybridized carbons (Fsp3) is 0.542. The van der Waals surface area contributed by atoms with Crippen LogP contribution in [0.1, 0.15) is 55.8 Å². The van der Waals surface area contributed by atoms with Gasteiger partial charge in [-0.3, -0.25) is 4.79 Å². The predicted molar refractivity (Wildman–Crippen MR) is 125 cm³/mol. The minimum atomic E-state index is -0.357. The second-order valence-corrected chi connectivity index (χ2v) is 8.73. The number of nitrogens with two attached hydrogens (primary N) is 1. The fourth-order valence-electron chi connectivity index (χ4n) is 4.83. The quantitative estimate of drug-likeness (QED) is 0.566. The molecule has 1 aliphatic carbocycles. The van der Waals surface area contributed by atoms with Crippen LogP contribution in [0.5, 0.6) is 0 Å². The van der Waals surface area contributed by atoms with Crippen molar-refractivity contribution in [1.29, 1.82) is 0 Å². The van der Waals surface area contributed by atoms with Crippen molar-refractivity contribution in [2.75, 3.05) is 25.1 Å². The van der Waals surface area contributed by atoms with Gasteiger partial charge in [-0.05, 0) is 38.3 Å². The highest BCUT2D eigenvalue weighted by molar-refractivity contribution is 6.07. The number of ether oxygens (including phenoxy) is 1. The van der Waals surface area contributed by atoms with E-state index in [1.807, 2.05) is 30.3 Å². The zero-order valence-electron chi connectivity index (χ0n) is 18.5. The van der Waals surface area contributed by atoms with Crippen LogP contribution in [0.4, 0.5) is 5.82 Å². The number of aliphatic imine (C=N–C) groups is 1. The smallest absolute Gasteiger partial charge is 0.282 e. The highest BCUT2D eigenvalue weighted by Gasteiger charge is 2.33. The van der Waals surface area contributed by atoms with Gasteiger partial charge in [-0.25, -0.2) is 4.98 Å². The number of benzene rings is 1. The van der Waals surface area contributed by atoms with E-state index in [1.54, 1.807) is 14.0 Å². The van der Waals surface area contributed by atoms with Gasteiger partial charge in [0.15, 0.2) is 0 Å². The number of anilines is 1. The Bertz CT molecular complexity index is 950. The number of nitrogens with one attached hydrogen (secondary N) is 1. The standard InChI is InChI=1S/C24H33N5O2/c1-16(25)26-24(30)19-14-17-8-6-7-11-20(17)28-23(19)29-13-12-21(22(15-29)31-2)27-18-9-4-3-5-10-18/h6-8,11,14,18,21-22,27H,3-5,9-10,12-13,15H2,1-2H3,(H2,25,26,30)/t21-,22+/m0/s1. The SMILES string of the molecule is CO[C@@H]1CN(c2nc3ccccc3cc2C(=O)N=C(C)N)CC[C@@H]1NC1CCCCC1. The molecule has 0 bridgehead atoms. The highest BCUT2D eigenvalue weighted by atomic mass is 16.5. The van der Waals surface area contributed by atoms with Gasteiger partial charge in [-0.2, -0.15) is 4.99 Å². The van der Waals surface area contributed by atoms with E-state index in [0.717, 1.165) is 23.9 Å². The monoisotopic (exact) mass is 423 g/mol. The molecule has 31 heavy (non-hydrogen) atoms. The Hall–Kier alpha value is -2.51. The molecule has 7 heteroatoms. The van der Waals surface area contributed by atoms with Gasteiger partial charge >= 0.3 is 0 Å². The number of hydrogen-bond donors (Lipinski definition) is 2. The number of carbonyl (C=O) groups is 1. The molecule has 0 radical (unpaired) electrons. The summed E-state index contributed by atoms with van der Waals surface area (Å²) in [6, 6.07) is 10.6. The highest BCUT2D eigenvalue weighted by Crippen LogP contribution is 2.28. The van der Waals surface area contributed by atoms with Gasteiger partial charge in [0.2, 0.25) is 0 Å². The summed E-state index contributed by atoms with van der Waals surface area (Å²) >= 11 is 0. The molecule has 4 rings (SSSR count). The van der Waals surface area contributed by atoms with Crippen molar-refractivity contribution in [3.8, 4) is 0 Å². The van der Waals surface area contributed by atoms with E-state index < -0.39 is 0 Å². The molecule has 1 saturated heterocycles. The molecule has 1 aromatic heterocycles. The maximum Gasteiger partial charge on any atom is 0.282 e. The molecule has 2 fully saturated rings. The van der Waals surface area contributed by atoms with Crippen molar-refractivity contribution in [3.05, 3.63) is 35.9 Å². The van der Waals surface area contributed by atoms with Crippen molar-refractivity contribution in [2.24, 2.45) is 10.7 Å². The average Bonchev–Trinajstić information content (AvgIpc) is 2.78. The molecule has 2 heterocycles. The van der Waals surface area contributed by atoms with E-state index in [2.05, 4.69) is 15.2 Å². The molecule has 0 spiro atoms. The minimum absolute atomic E-state index is 0.0339. The van der Waals surface area contributed by atoms with Crippen LogP contribution in [0, 0.1) is 0 Å². The van der Waals surface area contributed by atoms with Gasteiger partial charge in [0.05, 0.1) is 17.2 Å². The molecule has 1 amide bonds. The number of methoxy groups -OCH3 is 1. The van der Waals surface area contributed by atoms with E-state index in [-0.39, 0.29) is 17.8 Å². The first kappa shape index (κ1) is 21.7. The number of carbonyl (C=O) groups excluding carboxylic acids is 1. The summed E-state index contributed by atoms with van der Waals surface area (Å²) < 4.78 is 5.89. The number of amides is 1. The lowest BCUT2D eigenvalue weighted by Crippen LogP contribution is -2.56. The van der Waals surface area contributed by atoms with Crippen LogP contribution >= 0.6 is 0 Å². The minimum Gasteiger partial charge on any atom is -0.387 e. The number of piperidine rings is 1. The molecule has 0 unspecified atom stereocenters. The number of aromatic nitrogens is 1. The molecule has 2 atom stereocenters. The van der Waals surface area contributed by atoms with Gasteiger partial charge in [0.1, 0.15) is 11.7 Å². The Morgan fingerprint density at radius 2 is 2.00 bits per heavy atom. The van der Waals surface area contributed by atoms with E-state index >= 15 is 0 Å². The largest absolute Gasteiger partial charge is 0.387 e. The third-order valence-electron chi connectivity index (χ3n) is 6.43. The van der Waals surface area contributed by atoms with Crippen molar-refractivity contribution >= 4 is 28.5 Å². The van der Waals surface area contributed by atoms with E-state index in [0.29, 0.717) is 30.0 Å². The zero-order valence-corrected chi connectivity index (χ0v) is 18.5. The summed E-state index contributed by atoms with van der Waals surface area (Å²) in [6.07, 6.45) is 7.43. The van der Waals surface area contributed by atoms with Crippen molar-refractivity contribution in [1.82, 2.24) is 10.3 Å². The van der Waals surface area contributed by atoms with Gasteiger partial charge in [0, 0.05) is 37.7 Å². The third-order valence-corrected chi connectivity index (χ3v) is 6.43. The van der Waals surface area contributed by atoms with E-state index in [4.69, 9.17) is 15.5 Å². The first-order valence-electron chi connectivity index (χ1n) is 11.3. The number of para-hydroxylation sites is 1. The van der Waals surface area contributed by atoms with Gasteiger partial charge in [0.25, 0.3) is 5.91 Å². The zero-order chi connectivity index (χ0) is 21.8. The Morgan fingerprint density at radius 1 is 1.23 bits per heavy atom. The third kappa shape index (κ3) is 5.05. The number of fused-ring (bicyclic) bond motifs is 1. The Labute approximate surface area is 184 Å².